The summed E-state index contributed by atoms with van der Waals surface area (Å²) in [5.41, 5.74) is 0.393. The van der Waals surface area contributed by atoms with Crippen LogP contribution in [0.25, 0.3) is 0 Å². The van der Waals surface area contributed by atoms with Crippen molar-refractivity contribution in [3.8, 4) is 0 Å². The average molecular weight is 208 g/mol. The van der Waals surface area contributed by atoms with Crippen LogP contribution < -0.4 is 10.6 Å². The molecule has 1 atom stereocenters. The smallest absolute Gasteiger partial charge is 0.335 e. The quantitative estimate of drug-likeness (QED) is 0.647. The number of allylic oxidation sites excluding steroid dienone is 2. The van der Waals surface area contributed by atoms with Crippen LogP contribution >= 0.6 is 0 Å². The second-order valence-corrected chi connectivity index (χ2v) is 4.03. The van der Waals surface area contributed by atoms with Gasteiger partial charge in [0.15, 0.2) is 0 Å². The molecule has 1 heterocycles. The zero-order valence-electron chi connectivity index (χ0n) is 8.57. The molecule has 0 spiro atoms. The Balaban J connectivity index is 1.98. The van der Waals surface area contributed by atoms with Gasteiger partial charge in [-0.3, -0.25) is 5.32 Å². The third-order valence-corrected chi connectivity index (χ3v) is 2.95. The minimum absolute atomic E-state index is 0.240. The number of nitrogens with one attached hydrogen (secondary N) is 2. The molecule has 0 aromatic carbocycles. The Bertz CT molecular complexity index is 304. The highest BCUT2D eigenvalue weighted by atomic mass is 16.4. The summed E-state index contributed by atoms with van der Waals surface area (Å²) in [6.07, 6.45) is 9.68. The first kappa shape index (κ1) is 10.2. The minimum atomic E-state index is -0.859. The van der Waals surface area contributed by atoms with Crippen molar-refractivity contribution in [3.63, 3.8) is 0 Å². The van der Waals surface area contributed by atoms with E-state index in [1.54, 1.807) is 18.4 Å². The fourth-order valence-electron chi connectivity index (χ4n) is 2.15. The monoisotopic (exact) mass is 208 g/mol. The summed E-state index contributed by atoms with van der Waals surface area (Å²) in [4.78, 5) is 11.0. The maximum Gasteiger partial charge on any atom is 0.335 e. The summed E-state index contributed by atoms with van der Waals surface area (Å²) in [6, 6.07) is 0.455. The minimum Gasteiger partial charge on any atom is -0.478 e. The second kappa shape index (κ2) is 4.49. The lowest BCUT2D eigenvalue weighted by Crippen LogP contribution is -2.48. The van der Waals surface area contributed by atoms with Gasteiger partial charge in [-0.05, 0) is 31.2 Å². The molecular formula is C11H16N2O2. The van der Waals surface area contributed by atoms with Gasteiger partial charge in [-0.2, -0.15) is 0 Å². The van der Waals surface area contributed by atoms with Gasteiger partial charge in [-0.1, -0.05) is 12.8 Å². The lowest BCUT2D eigenvalue weighted by atomic mass is 10.1. The first-order valence-electron chi connectivity index (χ1n) is 5.39. The van der Waals surface area contributed by atoms with Gasteiger partial charge in [0, 0.05) is 6.04 Å². The van der Waals surface area contributed by atoms with Crippen LogP contribution in [0.3, 0.4) is 0 Å². The fraction of sp³-hybridized carbons (Fsp3) is 0.545. The standard InChI is InChI=1S/C11H16N2O2/c14-11(15)9-6-3-7-12-10(9)13-8-4-1-2-5-8/h3,6-8,10,12-13H,1-2,4-5H2,(H,14,15). The molecule has 1 aliphatic carbocycles. The number of carboxylic acid groups (broad SMARTS) is 1. The van der Waals surface area contributed by atoms with E-state index in [0.717, 1.165) is 12.8 Å². The number of carbonyl (C=O) groups is 1. The molecule has 15 heavy (non-hydrogen) atoms. The Labute approximate surface area is 89.1 Å². The molecule has 4 nitrogen and oxygen atoms in total. The van der Waals surface area contributed by atoms with E-state index in [1.807, 2.05) is 0 Å². The van der Waals surface area contributed by atoms with Crippen LogP contribution in [0.2, 0.25) is 0 Å². The molecule has 3 N–H and O–H groups in total. The molecule has 0 saturated heterocycles. The highest BCUT2D eigenvalue weighted by molar-refractivity contribution is 5.88. The van der Waals surface area contributed by atoms with E-state index in [2.05, 4.69) is 10.6 Å². The van der Waals surface area contributed by atoms with Crippen molar-refractivity contribution in [2.24, 2.45) is 0 Å². The maximum absolute atomic E-state index is 11.0. The zero-order chi connectivity index (χ0) is 10.7. The van der Waals surface area contributed by atoms with Gasteiger partial charge in [0.05, 0.1) is 5.57 Å². The highest BCUT2D eigenvalue weighted by Gasteiger charge is 2.24. The van der Waals surface area contributed by atoms with Crippen molar-refractivity contribution in [1.82, 2.24) is 10.6 Å². The van der Waals surface area contributed by atoms with E-state index >= 15 is 0 Å². The molecule has 0 amide bonds. The van der Waals surface area contributed by atoms with Crippen LogP contribution in [-0.2, 0) is 4.79 Å². The third-order valence-electron chi connectivity index (χ3n) is 2.95. The van der Waals surface area contributed by atoms with E-state index in [-0.39, 0.29) is 6.17 Å². The number of rotatable bonds is 3. The molecule has 1 unspecified atom stereocenters. The van der Waals surface area contributed by atoms with Gasteiger partial charge in [0.25, 0.3) is 0 Å². The lowest BCUT2D eigenvalue weighted by Gasteiger charge is -2.25. The Hall–Kier alpha value is -1.29. The summed E-state index contributed by atoms with van der Waals surface area (Å²) in [5, 5.41) is 15.4. The fourth-order valence-corrected chi connectivity index (χ4v) is 2.15. The number of hydrogen-bond acceptors (Lipinski definition) is 3. The van der Waals surface area contributed by atoms with Gasteiger partial charge in [-0.25, -0.2) is 4.79 Å². The number of hydrogen-bond donors (Lipinski definition) is 3. The normalized spacial score (nSPS) is 26.1. The molecule has 1 saturated carbocycles. The topological polar surface area (TPSA) is 61.4 Å². The van der Waals surface area contributed by atoms with Crippen molar-refractivity contribution < 1.29 is 9.90 Å². The van der Waals surface area contributed by atoms with Crippen molar-refractivity contribution in [2.45, 2.75) is 37.9 Å². The molecule has 1 aliphatic heterocycles. The van der Waals surface area contributed by atoms with E-state index in [0.29, 0.717) is 11.6 Å². The SMILES string of the molecule is O=C(O)C1=CC=CNC1NC1CCCC1. The van der Waals surface area contributed by atoms with E-state index in [9.17, 15) is 4.79 Å². The van der Waals surface area contributed by atoms with Crippen LogP contribution in [0.1, 0.15) is 25.7 Å². The van der Waals surface area contributed by atoms with Crippen molar-refractivity contribution in [2.75, 3.05) is 0 Å². The van der Waals surface area contributed by atoms with Gasteiger partial charge >= 0.3 is 5.97 Å². The van der Waals surface area contributed by atoms with Crippen molar-refractivity contribution in [1.29, 1.82) is 0 Å². The zero-order valence-corrected chi connectivity index (χ0v) is 8.57. The molecule has 0 bridgehead atoms. The molecule has 1 fully saturated rings. The molecule has 4 heteroatoms. The third kappa shape index (κ3) is 2.39. The predicted molar refractivity (Wildman–Crippen MR) is 57.2 cm³/mol. The summed E-state index contributed by atoms with van der Waals surface area (Å²) >= 11 is 0. The summed E-state index contributed by atoms with van der Waals surface area (Å²) in [7, 11) is 0. The van der Waals surface area contributed by atoms with Crippen LogP contribution in [0.4, 0.5) is 0 Å². The van der Waals surface area contributed by atoms with Crippen molar-refractivity contribution >= 4 is 5.97 Å². The van der Waals surface area contributed by atoms with Crippen molar-refractivity contribution in [3.05, 3.63) is 23.9 Å². The number of dihydropyridines is 1. The van der Waals surface area contributed by atoms with Crippen LogP contribution in [0, 0.1) is 0 Å². The Morgan fingerprint density at radius 3 is 2.87 bits per heavy atom. The van der Waals surface area contributed by atoms with Gasteiger partial charge in [0.1, 0.15) is 6.17 Å². The summed E-state index contributed by atoms with van der Waals surface area (Å²) in [6.45, 7) is 0. The van der Waals surface area contributed by atoms with Gasteiger partial charge in [0.2, 0.25) is 0 Å². The molecule has 0 aromatic rings. The Kier molecular flexibility index (Phi) is 3.06. The second-order valence-electron chi connectivity index (χ2n) is 4.03. The predicted octanol–water partition coefficient (Wildman–Crippen LogP) is 0.973. The lowest BCUT2D eigenvalue weighted by molar-refractivity contribution is -0.133. The largest absolute Gasteiger partial charge is 0.478 e. The molecule has 2 aliphatic rings. The average Bonchev–Trinajstić information content (AvgIpc) is 2.71. The summed E-state index contributed by atoms with van der Waals surface area (Å²) < 4.78 is 0. The highest BCUT2D eigenvalue weighted by Crippen LogP contribution is 2.19. The van der Waals surface area contributed by atoms with E-state index in [4.69, 9.17) is 5.11 Å². The van der Waals surface area contributed by atoms with E-state index < -0.39 is 5.97 Å². The number of aliphatic carboxylic acids is 1. The Morgan fingerprint density at radius 1 is 1.47 bits per heavy atom. The van der Waals surface area contributed by atoms with Crippen LogP contribution in [0.5, 0.6) is 0 Å². The molecular weight excluding hydrogens is 192 g/mol. The van der Waals surface area contributed by atoms with Gasteiger partial charge < -0.3 is 10.4 Å². The van der Waals surface area contributed by atoms with Gasteiger partial charge in [-0.15, -0.1) is 0 Å². The molecule has 82 valence electrons. The van der Waals surface area contributed by atoms with E-state index in [1.165, 1.54) is 12.8 Å². The first-order chi connectivity index (χ1) is 7.27. The molecule has 0 radical (unpaired) electrons. The maximum atomic E-state index is 11.0. The Morgan fingerprint density at radius 2 is 2.20 bits per heavy atom. The molecule has 0 aromatic heterocycles. The number of carboxylic acids is 1. The summed E-state index contributed by atoms with van der Waals surface area (Å²) in [5.74, 6) is -0.859. The van der Waals surface area contributed by atoms with Crippen LogP contribution in [0.15, 0.2) is 23.9 Å². The van der Waals surface area contributed by atoms with Crippen LogP contribution in [-0.4, -0.2) is 23.3 Å². The molecule has 2 rings (SSSR count). The first-order valence-corrected chi connectivity index (χ1v) is 5.39.